The molecule has 2 amide bonds. The SMILES string of the molecule is Cc1ccccc1C(=O)N1CCC(C(=O)O[C@@H](C)C(=O)N2c3ccccc3C[C@H]2C)CC1. The van der Waals surface area contributed by atoms with Crippen molar-refractivity contribution in [3.8, 4) is 0 Å². The first kappa shape index (κ1) is 22.1. The standard InChI is InChI=1S/C26H30N2O4/c1-17-8-4-6-10-22(17)25(30)27-14-12-20(13-15-27)26(31)32-19(3)24(29)28-18(2)16-21-9-5-7-11-23(21)28/h4-11,18-20H,12-16H2,1-3H3/t18-,19+/m1/s1. The Kier molecular flexibility index (Phi) is 6.31. The minimum Gasteiger partial charge on any atom is -0.452 e. The van der Waals surface area contributed by atoms with Crippen molar-refractivity contribution >= 4 is 23.5 Å². The zero-order valence-corrected chi connectivity index (χ0v) is 18.9. The van der Waals surface area contributed by atoms with Gasteiger partial charge in [0.05, 0.1) is 5.92 Å². The van der Waals surface area contributed by atoms with Crippen LogP contribution in [0, 0.1) is 12.8 Å². The second-order valence-electron chi connectivity index (χ2n) is 8.85. The van der Waals surface area contributed by atoms with Crippen molar-refractivity contribution in [2.45, 2.75) is 52.2 Å². The van der Waals surface area contributed by atoms with Gasteiger partial charge in [0.1, 0.15) is 0 Å². The van der Waals surface area contributed by atoms with Crippen LogP contribution in [0.5, 0.6) is 0 Å². The predicted molar refractivity (Wildman–Crippen MR) is 122 cm³/mol. The highest BCUT2D eigenvalue weighted by Gasteiger charge is 2.36. The molecule has 0 bridgehead atoms. The molecule has 0 unspecified atom stereocenters. The summed E-state index contributed by atoms with van der Waals surface area (Å²) in [5.74, 6) is -0.841. The number of carbonyl (C=O) groups is 3. The molecule has 0 saturated carbocycles. The van der Waals surface area contributed by atoms with E-state index in [9.17, 15) is 14.4 Å². The molecule has 1 saturated heterocycles. The molecule has 168 valence electrons. The molecule has 6 nitrogen and oxygen atoms in total. The van der Waals surface area contributed by atoms with Crippen LogP contribution in [-0.4, -0.2) is 47.9 Å². The summed E-state index contributed by atoms with van der Waals surface area (Å²) in [6.45, 7) is 6.59. The van der Waals surface area contributed by atoms with E-state index in [-0.39, 0.29) is 29.7 Å². The second kappa shape index (κ2) is 9.15. The molecule has 6 heteroatoms. The number of fused-ring (bicyclic) bond motifs is 1. The molecule has 2 aromatic carbocycles. The lowest BCUT2D eigenvalue weighted by Gasteiger charge is -2.32. The first-order valence-corrected chi connectivity index (χ1v) is 11.3. The molecule has 32 heavy (non-hydrogen) atoms. The number of esters is 1. The van der Waals surface area contributed by atoms with Gasteiger partial charge in [0.15, 0.2) is 6.10 Å². The molecule has 0 aliphatic carbocycles. The fourth-order valence-electron chi connectivity index (χ4n) is 4.72. The molecule has 0 spiro atoms. The molecule has 2 aliphatic rings. The number of likely N-dealkylation sites (tertiary alicyclic amines) is 1. The summed E-state index contributed by atoms with van der Waals surface area (Å²) >= 11 is 0. The number of carbonyl (C=O) groups excluding carboxylic acids is 3. The van der Waals surface area contributed by atoms with Gasteiger partial charge in [-0.1, -0.05) is 36.4 Å². The number of benzene rings is 2. The van der Waals surface area contributed by atoms with Crippen LogP contribution >= 0.6 is 0 Å². The Morgan fingerprint density at radius 1 is 1.00 bits per heavy atom. The molecule has 2 aromatic rings. The van der Waals surface area contributed by atoms with E-state index >= 15 is 0 Å². The van der Waals surface area contributed by atoms with E-state index in [2.05, 4.69) is 0 Å². The third-order valence-corrected chi connectivity index (χ3v) is 6.58. The number of anilines is 1. The van der Waals surface area contributed by atoms with Gasteiger partial charge in [0.25, 0.3) is 11.8 Å². The van der Waals surface area contributed by atoms with Crippen molar-refractivity contribution in [1.29, 1.82) is 0 Å². The van der Waals surface area contributed by atoms with Gasteiger partial charge in [-0.25, -0.2) is 0 Å². The maximum Gasteiger partial charge on any atom is 0.309 e. The Hall–Kier alpha value is -3.15. The van der Waals surface area contributed by atoms with E-state index < -0.39 is 6.10 Å². The molecule has 2 heterocycles. The second-order valence-corrected chi connectivity index (χ2v) is 8.85. The lowest BCUT2D eigenvalue weighted by Crippen LogP contribution is -2.45. The number of piperidine rings is 1. The third kappa shape index (κ3) is 4.27. The van der Waals surface area contributed by atoms with Crippen molar-refractivity contribution in [3.63, 3.8) is 0 Å². The van der Waals surface area contributed by atoms with Crippen LogP contribution in [0.2, 0.25) is 0 Å². The highest BCUT2D eigenvalue weighted by molar-refractivity contribution is 6.00. The molecular weight excluding hydrogens is 404 g/mol. The number of aryl methyl sites for hydroxylation is 1. The molecule has 2 atom stereocenters. The van der Waals surface area contributed by atoms with E-state index in [0.29, 0.717) is 31.5 Å². The summed E-state index contributed by atoms with van der Waals surface area (Å²) in [5.41, 5.74) is 3.69. The van der Waals surface area contributed by atoms with Crippen LogP contribution in [0.3, 0.4) is 0 Å². The number of para-hydroxylation sites is 1. The number of hydrogen-bond donors (Lipinski definition) is 0. The van der Waals surface area contributed by atoms with Gasteiger partial charge in [-0.05, 0) is 63.3 Å². The van der Waals surface area contributed by atoms with E-state index in [1.807, 2.05) is 62.4 Å². The van der Waals surface area contributed by atoms with Crippen LogP contribution in [0.15, 0.2) is 48.5 Å². The summed E-state index contributed by atoms with van der Waals surface area (Å²) in [7, 11) is 0. The number of nitrogens with zero attached hydrogens (tertiary/aromatic N) is 2. The Morgan fingerprint density at radius 2 is 1.66 bits per heavy atom. The first-order valence-electron chi connectivity index (χ1n) is 11.3. The van der Waals surface area contributed by atoms with Gasteiger partial charge in [-0.3, -0.25) is 14.4 Å². The highest BCUT2D eigenvalue weighted by atomic mass is 16.5. The fraction of sp³-hybridized carbons (Fsp3) is 0.423. The van der Waals surface area contributed by atoms with E-state index in [4.69, 9.17) is 4.74 Å². The van der Waals surface area contributed by atoms with E-state index in [0.717, 1.165) is 23.2 Å². The quantitative estimate of drug-likeness (QED) is 0.688. The van der Waals surface area contributed by atoms with Gasteiger partial charge in [0, 0.05) is 30.4 Å². The van der Waals surface area contributed by atoms with Crippen molar-refractivity contribution in [2.24, 2.45) is 5.92 Å². The Balaban J connectivity index is 1.33. The monoisotopic (exact) mass is 434 g/mol. The van der Waals surface area contributed by atoms with Crippen LogP contribution in [0.4, 0.5) is 5.69 Å². The van der Waals surface area contributed by atoms with Crippen LogP contribution in [0.1, 0.15) is 48.2 Å². The average Bonchev–Trinajstić information content (AvgIpc) is 3.14. The number of rotatable bonds is 4. The number of hydrogen-bond acceptors (Lipinski definition) is 4. The average molecular weight is 435 g/mol. The van der Waals surface area contributed by atoms with Crippen molar-refractivity contribution in [2.75, 3.05) is 18.0 Å². The Bertz CT molecular complexity index is 1030. The van der Waals surface area contributed by atoms with Gasteiger partial charge >= 0.3 is 5.97 Å². The minimum absolute atomic E-state index is 0.000138. The van der Waals surface area contributed by atoms with E-state index in [1.165, 1.54) is 0 Å². The maximum atomic E-state index is 13.1. The summed E-state index contributed by atoms with van der Waals surface area (Å²) < 4.78 is 5.59. The van der Waals surface area contributed by atoms with E-state index in [1.54, 1.807) is 16.7 Å². The molecular formula is C26H30N2O4. The Morgan fingerprint density at radius 3 is 2.38 bits per heavy atom. The van der Waals surface area contributed by atoms with Gasteiger partial charge in [-0.2, -0.15) is 0 Å². The lowest BCUT2D eigenvalue weighted by molar-refractivity contribution is -0.159. The minimum atomic E-state index is -0.845. The lowest BCUT2D eigenvalue weighted by atomic mass is 9.96. The molecule has 4 rings (SSSR count). The molecule has 2 aliphatic heterocycles. The van der Waals surface area contributed by atoms with Crippen molar-refractivity contribution in [3.05, 3.63) is 65.2 Å². The van der Waals surface area contributed by atoms with Gasteiger partial charge < -0.3 is 14.5 Å². The maximum absolute atomic E-state index is 13.1. The largest absolute Gasteiger partial charge is 0.452 e. The van der Waals surface area contributed by atoms with Crippen molar-refractivity contribution in [1.82, 2.24) is 4.90 Å². The fourth-order valence-corrected chi connectivity index (χ4v) is 4.72. The zero-order valence-electron chi connectivity index (χ0n) is 18.9. The predicted octanol–water partition coefficient (Wildman–Crippen LogP) is 3.76. The topological polar surface area (TPSA) is 66.9 Å². The Labute approximate surface area is 189 Å². The van der Waals surface area contributed by atoms with Crippen LogP contribution in [0.25, 0.3) is 0 Å². The van der Waals surface area contributed by atoms with Gasteiger partial charge in [0.2, 0.25) is 0 Å². The molecule has 0 aromatic heterocycles. The van der Waals surface area contributed by atoms with Crippen molar-refractivity contribution < 1.29 is 19.1 Å². The highest BCUT2D eigenvalue weighted by Crippen LogP contribution is 2.32. The summed E-state index contributed by atoms with van der Waals surface area (Å²) in [4.78, 5) is 42.2. The summed E-state index contributed by atoms with van der Waals surface area (Å²) in [6, 6.07) is 15.4. The number of ether oxygens (including phenoxy) is 1. The third-order valence-electron chi connectivity index (χ3n) is 6.58. The van der Waals surface area contributed by atoms with Crippen LogP contribution < -0.4 is 4.90 Å². The molecule has 0 radical (unpaired) electrons. The normalized spacial score (nSPS) is 19.4. The smallest absolute Gasteiger partial charge is 0.309 e. The zero-order chi connectivity index (χ0) is 22.8. The number of amides is 2. The molecule has 0 N–H and O–H groups in total. The summed E-state index contributed by atoms with van der Waals surface area (Å²) in [5, 5.41) is 0. The van der Waals surface area contributed by atoms with Gasteiger partial charge in [-0.15, -0.1) is 0 Å². The summed E-state index contributed by atoms with van der Waals surface area (Å²) in [6.07, 6.45) is 1.04. The van der Waals surface area contributed by atoms with Crippen LogP contribution in [-0.2, 0) is 20.7 Å². The first-order chi connectivity index (χ1) is 15.4. The molecule has 1 fully saturated rings.